The van der Waals surface area contributed by atoms with Crippen LogP contribution in [0.1, 0.15) is 67.8 Å². The second-order valence-corrected chi connectivity index (χ2v) is 9.46. The maximum absolute atomic E-state index is 13.4. The first-order chi connectivity index (χ1) is 14.3. The summed E-state index contributed by atoms with van der Waals surface area (Å²) in [6.07, 6.45) is 4.02. The highest BCUT2D eigenvalue weighted by molar-refractivity contribution is 5.93. The molecule has 158 valence electrons. The fraction of sp³-hybridized carbons (Fsp3) is 0.440. The molecule has 2 aromatic carbocycles. The summed E-state index contributed by atoms with van der Waals surface area (Å²) in [7, 11) is 1.39. The van der Waals surface area contributed by atoms with Gasteiger partial charge in [0.25, 0.3) is 0 Å². The van der Waals surface area contributed by atoms with Gasteiger partial charge in [0.15, 0.2) is 0 Å². The highest BCUT2D eigenvalue weighted by Crippen LogP contribution is 2.45. The molecular formula is C25H29FN2O2. The topological polar surface area (TPSA) is 44.1 Å². The molecular weight excluding hydrogens is 379 g/mol. The van der Waals surface area contributed by atoms with Crippen LogP contribution in [0.5, 0.6) is 0 Å². The number of aromatic nitrogens is 2. The Kier molecular flexibility index (Phi) is 5.39. The van der Waals surface area contributed by atoms with Crippen molar-refractivity contribution < 1.29 is 13.9 Å². The number of halogens is 1. The number of carbonyl (C=O) groups excluding carboxylic acids is 1. The van der Waals surface area contributed by atoms with E-state index in [-0.39, 0.29) is 17.2 Å². The van der Waals surface area contributed by atoms with Crippen molar-refractivity contribution in [3.63, 3.8) is 0 Å². The van der Waals surface area contributed by atoms with E-state index < -0.39 is 0 Å². The van der Waals surface area contributed by atoms with Crippen molar-refractivity contribution in [1.82, 2.24) is 9.55 Å². The molecule has 4 rings (SSSR count). The SMILES string of the molecule is COC(=O)c1ccc2c(c1)nc(Cc1ccc(F)cc1)n2[C@H]1C[C@@H](C)CC(C)(C)C1. The van der Waals surface area contributed by atoms with Gasteiger partial charge in [-0.3, -0.25) is 0 Å². The van der Waals surface area contributed by atoms with Crippen molar-refractivity contribution in [1.29, 1.82) is 0 Å². The van der Waals surface area contributed by atoms with Gasteiger partial charge in [0.2, 0.25) is 0 Å². The molecule has 0 spiro atoms. The number of fused-ring (bicyclic) bond motifs is 1. The fourth-order valence-corrected chi connectivity index (χ4v) is 5.20. The quantitative estimate of drug-likeness (QED) is 0.502. The number of imidazole rings is 1. The van der Waals surface area contributed by atoms with Gasteiger partial charge in [-0.2, -0.15) is 0 Å². The lowest BCUT2D eigenvalue weighted by atomic mass is 9.70. The lowest BCUT2D eigenvalue weighted by Gasteiger charge is -2.40. The Balaban J connectivity index is 1.82. The number of methoxy groups -OCH3 is 1. The molecule has 1 aliphatic carbocycles. The molecule has 1 aliphatic rings. The normalized spacial score (nSPS) is 21.0. The highest BCUT2D eigenvalue weighted by Gasteiger charge is 2.34. The molecule has 3 aromatic rings. The van der Waals surface area contributed by atoms with E-state index in [0.717, 1.165) is 35.3 Å². The molecule has 1 saturated carbocycles. The summed E-state index contributed by atoms with van der Waals surface area (Å²) in [5.41, 5.74) is 3.61. The van der Waals surface area contributed by atoms with Crippen LogP contribution in [0, 0.1) is 17.2 Å². The minimum Gasteiger partial charge on any atom is -0.465 e. The monoisotopic (exact) mass is 408 g/mol. The zero-order chi connectivity index (χ0) is 21.5. The van der Waals surface area contributed by atoms with Crippen molar-refractivity contribution in [2.24, 2.45) is 11.3 Å². The van der Waals surface area contributed by atoms with Gasteiger partial charge >= 0.3 is 5.97 Å². The van der Waals surface area contributed by atoms with E-state index in [4.69, 9.17) is 9.72 Å². The molecule has 4 nitrogen and oxygen atoms in total. The molecule has 5 heteroatoms. The first-order valence-electron chi connectivity index (χ1n) is 10.6. The van der Waals surface area contributed by atoms with Gasteiger partial charge in [-0.05, 0) is 66.5 Å². The summed E-state index contributed by atoms with van der Waals surface area (Å²) in [6, 6.07) is 12.5. The Labute approximate surface area is 177 Å². The third kappa shape index (κ3) is 4.11. The van der Waals surface area contributed by atoms with Crippen LogP contribution in [0.25, 0.3) is 11.0 Å². The van der Waals surface area contributed by atoms with Gasteiger partial charge in [0.1, 0.15) is 11.6 Å². The Morgan fingerprint density at radius 1 is 1.20 bits per heavy atom. The zero-order valence-corrected chi connectivity index (χ0v) is 18.1. The summed E-state index contributed by atoms with van der Waals surface area (Å²) in [5, 5.41) is 0. The lowest BCUT2D eigenvalue weighted by Crippen LogP contribution is -2.30. The van der Waals surface area contributed by atoms with Crippen LogP contribution in [0.2, 0.25) is 0 Å². The van der Waals surface area contributed by atoms with Gasteiger partial charge < -0.3 is 9.30 Å². The molecule has 0 radical (unpaired) electrons. The van der Waals surface area contributed by atoms with E-state index in [2.05, 4.69) is 25.3 Å². The third-order valence-electron chi connectivity index (χ3n) is 6.19. The minimum atomic E-state index is -0.362. The summed E-state index contributed by atoms with van der Waals surface area (Å²) in [4.78, 5) is 16.9. The number of esters is 1. The molecule has 1 fully saturated rings. The van der Waals surface area contributed by atoms with Gasteiger partial charge in [0, 0.05) is 12.5 Å². The molecule has 2 atom stereocenters. The smallest absolute Gasteiger partial charge is 0.337 e. The first-order valence-corrected chi connectivity index (χ1v) is 10.6. The molecule has 0 aliphatic heterocycles. The molecule has 1 heterocycles. The highest BCUT2D eigenvalue weighted by atomic mass is 19.1. The van der Waals surface area contributed by atoms with Crippen molar-refractivity contribution in [2.45, 2.75) is 52.5 Å². The predicted octanol–water partition coefficient (Wildman–Crippen LogP) is 5.94. The van der Waals surface area contributed by atoms with Crippen LogP contribution >= 0.6 is 0 Å². The third-order valence-corrected chi connectivity index (χ3v) is 6.19. The van der Waals surface area contributed by atoms with Crippen LogP contribution in [-0.2, 0) is 11.2 Å². The van der Waals surface area contributed by atoms with Gasteiger partial charge in [-0.25, -0.2) is 14.2 Å². The van der Waals surface area contributed by atoms with Crippen molar-refractivity contribution in [2.75, 3.05) is 7.11 Å². The summed E-state index contributed by atoms with van der Waals surface area (Å²) >= 11 is 0. The molecule has 1 aromatic heterocycles. The van der Waals surface area contributed by atoms with Crippen LogP contribution in [0.3, 0.4) is 0 Å². The second-order valence-electron chi connectivity index (χ2n) is 9.46. The molecule has 30 heavy (non-hydrogen) atoms. The number of hydrogen-bond acceptors (Lipinski definition) is 3. The summed E-state index contributed by atoms with van der Waals surface area (Å²) in [6.45, 7) is 7.00. The number of ether oxygens (including phenoxy) is 1. The zero-order valence-electron chi connectivity index (χ0n) is 18.1. The number of nitrogens with zero attached hydrogens (tertiary/aromatic N) is 2. The van der Waals surface area contributed by atoms with E-state index in [1.165, 1.54) is 25.7 Å². The number of benzene rings is 2. The van der Waals surface area contributed by atoms with E-state index in [1.54, 1.807) is 0 Å². The largest absolute Gasteiger partial charge is 0.465 e. The number of rotatable bonds is 4. The van der Waals surface area contributed by atoms with Crippen LogP contribution < -0.4 is 0 Å². The number of carbonyl (C=O) groups is 1. The van der Waals surface area contributed by atoms with Gasteiger partial charge in [0.05, 0.1) is 23.7 Å². The maximum atomic E-state index is 13.4. The van der Waals surface area contributed by atoms with Crippen molar-refractivity contribution >= 4 is 17.0 Å². The average Bonchev–Trinajstić information content (AvgIpc) is 3.04. The lowest BCUT2D eigenvalue weighted by molar-refractivity contribution is 0.0601. The van der Waals surface area contributed by atoms with E-state index >= 15 is 0 Å². The van der Waals surface area contributed by atoms with Gasteiger partial charge in [-0.15, -0.1) is 0 Å². The van der Waals surface area contributed by atoms with E-state index in [1.807, 2.05) is 30.3 Å². The summed E-state index contributed by atoms with van der Waals surface area (Å²) in [5.74, 6) is 0.981. The standard InChI is InChI=1S/C25H29FN2O2/c1-16-11-20(15-25(2,3)14-16)28-22-10-7-18(24(29)30-4)13-21(22)27-23(28)12-17-5-8-19(26)9-6-17/h5-10,13,16,20H,11-12,14-15H2,1-4H3/t16-,20+/m1/s1. The first kappa shape index (κ1) is 20.6. The Bertz CT molecular complexity index is 1070. The van der Waals surface area contributed by atoms with Crippen molar-refractivity contribution in [3.8, 4) is 0 Å². The average molecular weight is 409 g/mol. The van der Waals surface area contributed by atoms with E-state index in [0.29, 0.717) is 23.9 Å². The van der Waals surface area contributed by atoms with Crippen LogP contribution in [-0.4, -0.2) is 22.6 Å². The Hall–Kier alpha value is -2.69. The molecule has 0 bridgehead atoms. The van der Waals surface area contributed by atoms with Crippen LogP contribution in [0.4, 0.5) is 4.39 Å². The molecule has 0 saturated heterocycles. The maximum Gasteiger partial charge on any atom is 0.337 e. The number of hydrogen-bond donors (Lipinski definition) is 0. The van der Waals surface area contributed by atoms with Crippen molar-refractivity contribution in [3.05, 3.63) is 65.2 Å². The Morgan fingerprint density at radius 3 is 2.60 bits per heavy atom. The summed E-state index contributed by atoms with van der Waals surface area (Å²) < 4.78 is 20.6. The second kappa shape index (κ2) is 7.86. The molecule has 0 unspecified atom stereocenters. The molecule has 0 N–H and O–H groups in total. The predicted molar refractivity (Wildman–Crippen MR) is 116 cm³/mol. The van der Waals surface area contributed by atoms with E-state index in [9.17, 15) is 9.18 Å². The van der Waals surface area contributed by atoms with Gasteiger partial charge in [-0.1, -0.05) is 32.9 Å². The minimum absolute atomic E-state index is 0.238. The van der Waals surface area contributed by atoms with Crippen LogP contribution in [0.15, 0.2) is 42.5 Å². The molecule has 0 amide bonds. The Morgan fingerprint density at radius 2 is 1.93 bits per heavy atom. The fourth-order valence-electron chi connectivity index (χ4n) is 5.20.